The Morgan fingerprint density at radius 1 is 1.00 bits per heavy atom. The molecule has 0 spiro atoms. The molecule has 0 bridgehead atoms. The van der Waals surface area contributed by atoms with Crippen LogP contribution in [-0.4, -0.2) is 29.6 Å². The lowest BCUT2D eigenvalue weighted by atomic mass is 10.3. The summed E-state index contributed by atoms with van der Waals surface area (Å²) in [6, 6.07) is 0. The van der Waals surface area contributed by atoms with Crippen LogP contribution in [-0.2, 0) is 0 Å². The Balaban J connectivity index is 3.90. The van der Waals surface area contributed by atoms with Gasteiger partial charge in [0, 0.05) is 19.6 Å². The van der Waals surface area contributed by atoms with E-state index in [0.717, 1.165) is 31.2 Å². The van der Waals surface area contributed by atoms with E-state index in [1.807, 2.05) is 0 Å². The molecule has 0 aromatic carbocycles. The lowest BCUT2D eigenvalue weighted by molar-refractivity contribution is 0.392. The van der Waals surface area contributed by atoms with Crippen molar-refractivity contribution in [1.82, 2.24) is 10.2 Å². The maximum atomic E-state index is 5.38. The van der Waals surface area contributed by atoms with Crippen molar-refractivity contribution in [3.63, 3.8) is 0 Å². The van der Waals surface area contributed by atoms with Gasteiger partial charge in [-0.3, -0.25) is 0 Å². The maximum Gasteiger partial charge on any atom is 0.168 e. The third-order valence-electron chi connectivity index (χ3n) is 2.38. The van der Waals surface area contributed by atoms with Crippen LogP contribution in [0, 0.1) is 0 Å². The maximum absolute atomic E-state index is 5.38. The van der Waals surface area contributed by atoms with E-state index in [4.69, 9.17) is 12.2 Å². The smallest absolute Gasteiger partial charge is 0.168 e. The van der Waals surface area contributed by atoms with Crippen molar-refractivity contribution < 1.29 is 0 Å². The largest absolute Gasteiger partial charge is 0.363 e. The van der Waals surface area contributed by atoms with E-state index in [2.05, 4.69) is 31.0 Å². The summed E-state index contributed by atoms with van der Waals surface area (Å²) < 4.78 is 0. The molecule has 0 amide bonds. The molecule has 0 aliphatic carbocycles. The zero-order valence-corrected chi connectivity index (χ0v) is 11.3. The van der Waals surface area contributed by atoms with Gasteiger partial charge >= 0.3 is 0 Å². The molecule has 0 saturated heterocycles. The number of thiocarbonyl (C=S) groups is 1. The summed E-state index contributed by atoms with van der Waals surface area (Å²) in [5.41, 5.74) is 0. The molecule has 0 heterocycles. The highest BCUT2D eigenvalue weighted by Gasteiger charge is 2.06. The third kappa shape index (κ3) is 7.60. The molecule has 3 heteroatoms. The summed E-state index contributed by atoms with van der Waals surface area (Å²) >= 11 is 5.38. The van der Waals surface area contributed by atoms with Crippen LogP contribution in [0.25, 0.3) is 0 Å². The highest BCUT2D eigenvalue weighted by atomic mass is 32.1. The Morgan fingerprint density at radius 3 is 1.93 bits per heavy atom. The number of hydrogen-bond donors (Lipinski definition) is 1. The molecule has 2 nitrogen and oxygen atoms in total. The van der Waals surface area contributed by atoms with Gasteiger partial charge in [0.1, 0.15) is 0 Å². The normalized spacial score (nSPS) is 10.1. The average Bonchev–Trinajstić information content (AvgIpc) is 2.26. The zero-order chi connectivity index (χ0) is 11.5. The van der Waals surface area contributed by atoms with E-state index in [-0.39, 0.29) is 0 Å². The van der Waals surface area contributed by atoms with E-state index in [1.54, 1.807) is 0 Å². The lowest BCUT2D eigenvalue weighted by Gasteiger charge is -2.25. The van der Waals surface area contributed by atoms with Crippen molar-refractivity contribution in [2.75, 3.05) is 19.6 Å². The van der Waals surface area contributed by atoms with Crippen molar-refractivity contribution in [2.24, 2.45) is 0 Å². The standard InChI is InChI=1S/C12H26N2S/c1-4-7-10-14(11-8-5-2)12(15)13-9-6-3/h4-11H2,1-3H3,(H,13,15). The van der Waals surface area contributed by atoms with Crippen LogP contribution in [0.2, 0.25) is 0 Å². The van der Waals surface area contributed by atoms with Crippen molar-refractivity contribution >= 4 is 17.3 Å². The highest BCUT2D eigenvalue weighted by molar-refractivity contribution is 7.80. The van der Waals surface area contributed by atoms with Gasteiger partial charge in [-0.15, -0.1) is 0 Å². The van der Waals surface area contributed by atoms with E-state index < -0.39 is 0 Å². The summed E-state index contributed by atoms with van der Waals surface area (Å²) in [7, 11) is 0. The summed E-state index contributed by atoms with van der Waals surface area (Å²) in [5, 5.41) is 4.25. The Labute approximate surface area is 100 Å². The molecule has 0 radical (unpaired) electrons. The second-order valence-electron chi connectivity index (χ2n) is 3.93. The van der Waals surface area contributed by atoms with Crippen molar-refractivity contribution in [2.45, 2.75) is 52.9 Å². The minimum Gasteiger partial charge on any atom is -0.363 e. The summed E-state index contributed by atoms with van der Waals surface area (Å²) in [6.07, 6.45) is 6.07. The first-order chi connectivity index (χ1) is 7.26. The first kappa shape index (κ1) is 14.7. The van der Waals surface area contributed by atoms with Gasteiger partial charge in [0.2, 0.25) is 0 Å². The second kappa shape index (κ2) is 10.2. The molecule has 0 unspecified atom stereocenters. The SMILES string of the molecule is CCCCN(CCCC)C(=S)NCCC. The van der Waals surface area contributed by atoms with Gasteiger partial charge in [-0.25, -0.2) is 0 Å². The fraction of sp³-hybridized carbons (Fsp3) is 0.917. The second-order valence-corrected chi connectivity index (χ2v) is 4.31. The van der Waals surface area contributed by atoms with Gasteiger partial charge in [-0.1, -0.05) is 33.6 Å². The zero-order valence-electron chi connectivity index (χ0n) is 10.5. The molecular weight excluding hydrogens is 204 g/mol. The Hall–Kier alpha value is -0.310. The molecule has 0 fully saturated rings. The van der Waals surface area contributed by atoms with E-state index >= 15 is 0 Å². The van der Waals surface area contributed by atoms with Crippen LogP contribution in [0.1, 0.15) is 52.9 Å². The molecule has 1 N–H and O–H groups in total. The number of hydrogen-bond acceptors (Lipinski definition) is 1. The molecule has 0 aromatic rings. The van der Waals surface area contributed by atoms with E-state index in [1.165, 1.54) is 25.7 Å². The third-order valence-corrected chi connectivity index (χ3v) is 2.78. The van der Waals surface area contributed by atoms with Crippen molar-refractivity contribution in [3.8, 4) is 0 Å². The fourth-order valence-electron chi connectivity index (χ4n) is 1.36. The van der Waals surface area contributed by atoms with Crippen molar-refractivity contribution in [1.29, 1.82) is 0 Å². The van der Waals surface area contributed by atoms with Crippen LogP contribution in [0.15, 0.2) is 0 Å². The van der Waals surface area contributed by atoms with E-state index in [9.17, 15) is 0 Å². The number of nitrogens with one attached hydrogen (secondary N) is 1. The topological polar surface area (TPSA) is 15.3 Å². The van der Waals surface area contributed by atoms with Gasteiger partial charge in [-0.2, -0.15) is 0 Å². The molecule has 90 valence electrons. The molecular formula is C12H26N2S. The lowest BCUT2D eigenvalue weighted by Crippen LogP contribution is -2.41. The van der Waals surface area contributed by atoms with Crippen LogP contribution >= 0.6 is 12.2 Å². The fourth-order valence-corrected chi connectivity index (χ4v) is 1.64. The predicted octanol–water partition coefficient (Wildman–Crippen LogP) is 3.17. The summed E-state index contributed by atoms with van der Waals surface area (Å²) in [5.74, 6) is 0. The van der Waals surface area contributed by atoms with Gasteiger partial charge < -0.3 is 10.2 Å². The number of unbranched alkanes of at least 4 members (excludes halogenated alkanes) is 2. The van der Waals surface area contributed by atoms with Crippen LogP contribution in [0.4, 0.5) is 0 Å². The quantitative estimate of drug-likeness (QED) is 0.645. The molecule has 0 aliphatic rings. The molecule has 0 saturated carbocycles. The van der Waals surface area contributed by atoms with Crippen LogP contribution in [0.3, 0.4) is 0 Å². The van der Waals surface area contributed by atoms with Gasteiger partial charge in [0.05, 0.1) is 0 Å². The molecule has 0 rings (SSSR count). The van der Waals surface area contributed by atoms with Crippen molar-refractivity contribution in [3.05, 3.63) is 0 Å². The molecule has 0 aromatic heterocycles. The molecule has 0 aliphatic heterocycles. The minimum atomic E-state index is 0.943. The Morgan fingerprint density at radius 2 is 1.53 bits per heavy atom. The Bertz CT molecular complexity index is 152. The first-order valence-electron chi connectivity index (χ1n) is 6.29. The van der Waals surface area contributed by atoms with Gasteiger partial charge in [0.15, 0.2) is 5.11 Å². The molecule has 0 atom stereocenters. The first-order valence-corrected chi connectivity index (χ1v) is 6.69. The van der Waals surface area contributed by atoms with Gasteiger partial charge in [-0.05, 0) is 31.5 Å². The summed E-state index contributed by atoms with van der Waals surface area (Å²) in [6.45, 7) is 9.81. The summed E-state index contributed by atoms with van der Waals surface area (Å²) in [4.78, 5) is 2.32. The van der Waals surface area contributed by atoms with E-state index in [0.29, 0.717) is 0 Å². The van der Waals surface area contributed by atoms with Crippen LogP contribution in [0.5, 0.6) is 0 Å². The predicted molar refractivity (Wildman–Crippen MR) is 72.3 cm³/mol. The number of rotatable bonds is 8. The highest BCUT2D eigenvalue weighted by Crippen LogP contribution is 2.00. The average molecular weight is 230 g/mol. The minimum absolute atomic E-state index is 0.943. The van der Waals surface area contributed by atoms with Crippen LogP contribution < -0.4 is 5.32 Å². The van der Waals surface area contributed by atoms with Gasteiger partial charge in [0.25, 0.3) is 0 Å². The monoisotopic (exact) mass is 230 g/mol. The number of nitrogens with zero attached hydrogens (tertiary/aromatic N) is 1. The molecule has 15 heavy (non-hydrogen) atoms. The Kier molecular flexibility index (Phi) is 10.0.